The molecule has 0 saturated carbocycles. The number of nitrogens with zero attached hydrogens (tertiary/aromatic N) is 1. The summed E-state index contributed by atoms with van der Waals surface area (Å²) in [4.78, 5) is 5.86. The Morgan fingerprint density at radius 1 is 1.45 bits per heavy atom. The molecular formula is C8H15NSSi. The summed E-state index contributed by atoms with van der Waals surface area (Å²) < 4.78 is 1.38. The second-order valence-corrected chi connectivity index (χ2v) is 10.2. The average molecular weight is 185 g/mol. The Bertz CT molecular complexity index is 236. The standard InChI is InChI=1S/C8H15NSSi/c1-5-7-6-9-8(10-7)11(2,3)4/h6H,5H2,1-4H3. The molecule has 11 heavy (non-hydrogen) atoms. The Labute approximate surface area is 73.5 Å². The first kappa shape index (κ1) is 8.94. The molecule has 0 atom stereocenters. The molecule has 62 valence electrons. The number of hydrogen-bond donors (Lipinski definition) is 0. The number of hydrogen-bond acceptors (Lipinski definition) is 2. The third kappa shape index (κ3) is 2.14. The third-order valence-corrected chi connectivity index (χ3v) is 6.05. The van der Waals surface area contributed by atoms with E-state index in [-0.39, 0.29) is 0 Å². The van der Waals surface area contributed by atoms with Gasteiger partial charge in [-0.1, -0.05) is 26.6 Å². The van der Waals surface area contributed by atoms with Gasteiger partial charge < -0.3 is 0 Å². The van der Waals surface area contributed by atoms with E-state index < -0.39 is 8.07 Å². The van der Waals surface area contributed by atoms with Crippen LogP contribution in [0.15, 0.2) is 6.20 Å². The summed E-state index contributed by atoms with van der Waals surface area (Å²) in [5, 5.41) is 0. The van der Waals surface area contributed by atoms with Crippen molar-refractivity contribution in [1.29, 1.82) is 0 Å². The van der Waals surface area contributed by atoms with Gasteiger partial charge in [0, 0.05) is 11.1 Å². The normalized spacial score (nSPS) is 12.0. The Kier molecular flexibility index (Phi) is 2.49. The van der Waals surface area contributed by atoms with E-state index in [0.717, 1.165) is 6.42 Å². The highest BCUT2D eigenvalue weighted by Crippen LogP contribution is 2.10. The SMILES string of the molecule is CCc1cnc([Si](C)(C)C)s1. The summed E-state index contributed by atoms with van der Waals surface area (Å²) in [5.74, 6) is 0. The van der Waals surface area contributed by atoms with Gasteiger partial charge in [-0.3, -0.25) is 4.98 Å². The van der Waals surface area contributed by atoms with Crippen molar-refractivity contribution in [3.8, 4) is 0 Å². The Morgan fingerprint density at radius 3 is 2.36 bits per heavy atom. The van der Waals surface area contributed by atoms with Crippen LogP contribution >= 0.6 is 11.3 Å². The highest BCUT2D eigenvalue weighted by atomic mass is 32.1. The van der Waals surface area contributed by atoms with Crippen LogP contribution in [-0.2, 0) is 6.42 Å². The van der Waals surface area contributed by atoms with Crippen molar-refractivity contribution in [2.45, 2.75) is 33.0 Å². The van der Waals surface area contributed by atoms with Crippen molar-refractivity contribution in [1.82, 2.24) is 4.98 Å². The monoisotopic (exact) mass is 185 g/mol. The van der Waals surface area contributed by atoms with E-state index >= 15 is 0 Å². The van der Waals surface area contributed by atoms with E-state index in [1.807, 2.05) is 17.5 Å². The zero-order valence-electron chi connectivity index (χ0n) is 7.64. The van der Waals surface area contributed by atoms with E-state index in [2.05, 4.69) is 31.5 Å². The van der Waals surface area contributed by atoms with Crippen molar-refractivity contribution in [3.63, 3.8) is 0 Å². The van der Waals surface area contributed by atoms with Gasteiger partial charge in [0.25, 0.3) is 0 Å². The molecule has 1 heterocycles. The first-order chi connectivity index (χ1) is 5.04. The van der Waals surface area contributed by atoms with Gasteiger partial charge >= 0.3 is 0 Å². The first-order valence-corrected chi connectivity index (χ1v) is 8.31. The first-order valence-electron chi connectivity index (χ1n) is 3.99. The van der Waals surface area contributed by atoms with Gasteiger partial charge in [-0.15, -0.1) is 11.3 Å². The van der Waals surface area contributed by atoms with Crippen LogP contribution in [0.4, 0.5) is 0 Å². The number of aryl methyl sites for hydroxylation is 1. The van der Waals surface area contributed by atoms with Crippen LogP contribution in [0.2, 0.25) is 19.6 Å². The summed E-state index contributed by atoms with van der Waals surface area (Å²) in [6.07, 6.45) is 3.15. The Balaban J connectivity index is 2.89. The molecule has 0 unspecified atom stereocenters. The molecule has 0 saturated heterocycles. The van der Waals surface area contributed by atoms with Crippen LogP contribution in [0.25, 0.3) is 0 Å². The molecule has 0 N–H and O–H groups in total. The second kappa shape index (κ2) is 3.07. The molecule has 0 fully saturated rings. The van der Waals surface area contributed by atoms with Crippen molar-refractivity contribution in [2.75, 3.05) is 0 Å². The molecule has 0 bridgehead atoms. The van der Waals surface area contributed by atoms with Crippen LogP contribution in [0.5, 0.6) is 0 Å². The molecule has 3 heteroatoms. The van der Waals surface area contributed by atoms with Crippen molar-refractivity contribution in [2.24, 2.45) is 0 Å². The molecule has 1 aromatic rings. The van der Waals surface area contributed by atoms with Crippen LogP contribution in [0, 0.1) is 0 Å². The van der Waals surface area contributed by atoms with E-state index in [0.29, 0.717) is 0 Å². The minimum absolute atomic E-state index is 1.12. The quantitative estimate of drug-likeness (QED) is 0.644. The maximum Gasteiger partial charge on any atom is 0.114 e. The predicted molar refractivity (Wildman–Crippen MR) is 54.5 cm³/mol. The van der Waals surface area contributed by atoms with Crippen LogP contribution in [0.1, 0.15) is 11.8 Å². The molecule has 0 radical (unpaired) electrons. The predicted octanol–water partition coefficient (Wildman–Crippen LogP) is 2.25. The van der Waals surface area contributed by atoms with Crippen LogP contribution in [-0.4, -0.2) is 13.1 Å². The van der Waals surface area contributed by atoms with E-state index in [9.17, 15) is 0 Å². The highest BCUT2D eigenvalue weighted by Gasteiger charge is 2.19. The zero-order valence-corrected chi connectivity index (χ0v) is 9.46. The van der Waals surface area contributed by atoms with E-state index in [1.54, 1.807) is 0 Å². The second-order valence-electron chi connectivity index (χ2n) is 3.74. The fourth-order valence-corrected chi connectivity index (χ4v) is 3.49. The molecular weight excluding hydrogens is 170 g/mol. The summed E-state index contributed by atoms with van der Waals surface area (Å²) in [6.45, 7) is 9.20. The lowest BCUT2D eigenvalue weighted by Gasteiger charge is -2.10. The smallest absolute Gasteiger partial charge is 0.114 e. The largest absolute Gasteiger partial charge is 0.255 e. The number of aromatic nitrogens is 1. The fraction of sp³-hybridized carbons (Fsp3) is 0.625. The topological polar surface area (TPSA) is 12.9 Å². The fourth-order valence-electron chi connectivity index (χ4n) is 0.818. The average Bonchev–Trinajstić information content (AvgIpc) is 2.32. The molecule has 1 rings (SSSR count). The molecule has 0 aliphatic heterocycles. The number of thiazole rings is 1. The lowest BCUT2D eigenvalue weighted by Crippen LogP contribution is -2.36. The van der Waals surface area contributed by atoms with Gasteiger partial charge in [0.15, 0.2) is 0 Å². The van der Waals surface area contributed by atoms with Gasteiger partial charge in [0.1, 0.15) is 8.07 Å². The molecule has 0 spiro atoms. The molecule has 0 aliphatic carbocycles. The van der Waals surface area contributed by atoms with Gasteiger partial charge in [0.2, 0.25) is 0 Å². The van der Waals surface area contributed by atoms with Gasteiger partial charge in [-0.05, 0) is 6.42 Å². The summed E-state index contributed by atoms with van der Waals surface area (Å²) >= 11 is 1.89. The van der Waals surface area contributed by atoms with Crippen molar-refractivity contribution in [3.05, 3.63) is 11.1 Å². The molecule has 1 nitrogen and oxygen atoms in total. The molecule has 0 aromatic carbocycles. The van der Waals surface area contributed by atoms with Gasteiger partial charge in [-0.2, -0.15) is 0 Å². The molecule has 0 aliphatic rings. The maximum atomic E-state index is 4.44. The third-order valence-electron chi connectivity index (χ3n) is 1.54. The molecule has 1 aromatic heterocycles. The lowest BCUT2D eigenvalue weighted by atomic mass is 10.4. The Hall–Kier alpha value is -0.153. The van der Waals surface area contributed by atoms with Gasteiger partial charge in [-0.25, -0.2) is 0 Å². The summed E-state index contributed by atoms with van der Waals surface area (Å²) in [7, 11) is -1.12. The van der Waals surface area contributed by atoms with Crippen LogP contribution in [0.3, 0.4) is 0 Å². The zero-order chi connectivity index (χ0) is 8.48. The van der Waals surface area contributed by atoms with Gasteiger partial charge in [0.05, 0.1) is 4.63 Å². The van der Waals surface area contributed by atoms with E-state index in [1.165, 1.54) is 9.51 Å². The summed E-state index contributed by atoms with van der Waals surface area (Å²) in [6, 6.07) is 0. The minimum atomic E-state index is -1.12. The minimum Gasteiger partial charge on any atom is -0.255 e. The highest BCUT2D eigenvalue weighted by molar-refractivity contribution is 7.25. The van der Waals surface area contributed by atoms with Crippen molar-refractivity contribution >= 4 is 24.0 Å². The lowest BCUT2D eigenvalue weighted by molar-refractivity contribution is 1.17. The Morgan fingerprint density at radius 2 is 2.09 bits per heavy atom. The maximum absolute atomic E-state index is 4.44. The molecule has 0 amide bonds. The van der Waals surface area contributed by atoms with Crippen LogP contribution < -0.4 is 4.63 Å². The van der Waals surface area contributed by atoms with E-state index in [4.69, 9.17) is 0 Å². The van der Waals surface area contributed by atoms with Crippen molar-refractivity contribution < 1.29 is 0 Å². The number of rotatable bonds is 2. The summed E-state index contributed by atoms with van der Waals surface area (Å²) in [5.41, 5.74) is 0.